The molecule has 10 nitrogen and oxygen atoms in total. The molecule has 2 aliphatic heterocycles. The first kappa shape index (κ1) is 39.0. The third-order valence-electron chi connectivity index (χ3n) is 10.4. The van der Waals surface area contributed by atoms with Crippen molar-refractivity contribution in [3.8, 4) is 34.4 Å². The summed E-state index contributed by atoms with van der Waals surface area (Å²) in [6.45, 7) is 9.06. The molecule has 2 aliphatic rings. The average molecular weight is 753 g/mol. The van der Waals surface area contributed by atoms with E-state index >= 15 is 0 Å². The topological polar surface area (TPSA) is 117 Å². The van der Waals surface area contributed by atoms with Crippen LogP contribution in [0, 0.1) is 25.2 Å². The molecule has 0 saturated carbocycles. The van der Waals surface area contributed by atoms with Crippen LogP contribution < -0.4 is 14.2 Å². The second kappa shape index (κ2) is 18.6. The molecule has 4 aromatic rings. The number of carbonyl (C=O) groups excluding carboxylic acids is 1. The van der Waals surface area contributed by atoms with Gasteiger partial charge < -0.3 is 29.0 Å². The first-order valence-electron chi connectivity index (χ1n) is 18.7. The molecule has 0 unspecified atom stereocenters. The van der Waals surface area contributed by atoms with E-state index < -0.39 is 0 Å². The predicted octanol–water partition coefficient (Wildman–Crippen LogP) is 7.41. The maximum Gasteiger partial charge on any atom is 0.323 e. The Morgan fingerprint density at radius 1 is 0.926 bits per heavy atom. The molecule has 284 valence electrons. The number of methoxy groups -OCH3 is 1. The lowest BCUT2D eigenvalue weighted by Crippen LogP contribution is -2.44. The van der Waals surface area contributed by atoms with Crippen molar-refractivity contribution >= 4 is 17.6 Å². The molecule has 6 rings (SSSR count). The highest BCUT2D eigenvalue weighted by molar-refractivity contribution is 6.32. The van der Waals surface area contributed by atoms with E-state index in [0.29, 0.717) is 35.2 Å². The number of hydrogen-bond acceptors (Lipinski definition) is 10. The average Bonchev–Trinajstić information content (AvgIpc) is 3.61. The Labute approximate surface area is 323 Å². The van der Waals surface area contributed by atoms with E-state index in [1.54, 1.807) is 12.3 Å². The van der Waals surface area contributed by atoms with E-state index in [1.807, 2.05) is 30.3 Å². The molecule has 11 heteroatoms. The van der Waals surface area contributed by atoms with E-state index in [2.05, 4.69) is 52.9 Å². The summed E-state index contributed by atoms with van der Waals surface area (Å²) in [5.74, 6) is 1.67. The van der Waals surface area contributed by atoms with Crippen molar-refractivity contribution in [1.82, 2.24) is 14.8 Å². The Morgan fingerprint density at radius 3 is 2.50 bits per heavy atom. The van der Waals surface area contributed by atoms with Crippen LogP contribution in [0.15, 0.2) is 67.0 Å². The summed E-state index contributed by atoms with van der Waals surface area (Å²) >= 11 is 6.90. The van der Waals surface area contributed by atoms with Crippen LogP contribution in [-0.2, 0) is 29.3 Å². The van der Waals surface area contributed by atoms with Gasteiger partial charge in [-0.1, -0.05) is 48.4 Å². The number of nitriles is 1. The quantitative estimate of drug-likeness (QED) is 0.0972. The summed E-state index contributed by atoms with van der Waals surface area (Å²) in [6.07, 6.45) is 7.39. The molecule has 0 amide bonds. The largest absolute Gasteiger partial charge is 0.493 e. The minimum Gasteiger partial charge on any atom is -0.493 e. The third kappa shape index (κ3) is 9.71. The van der Waals surface area contributed by atoms with Gasteiger partial charge in [-0.25, -0.2) is 0 Å². The summed E-state index contributed by atoms with van der Waals surface area (Å²) in [5, 5.41) is 19.6. The van der Waals surface area contributed by atoms with Crippen molar-refractivity contribution in [2.45, 2.75) is 77.9 Å². The molecular formula is C43H49ClN4O6. The molecule has 0 aliphatic carbocycles. The Morgan fingerprint density at radius 2 is 1.72 bits per heavy atom. The molecule has 0 spiro atoms. The number of halogens is 1. The maximum atomic E-state index is 12.7. The van der Waals surface area contributed by atoms with Gasteiger partial charge in [0.2, 0.25) is 0 Å². The first-order valence-corrected chi connectivity index (χ1v) is 19.1. The van der Waals surface area contributed by atoms with Gasteiger partial charge >= 0.3 is 5.97 Å². The van der Waals surface area contributed by atoms with Gasteiger partial charge in [-0.15, -0.1) is 0 Å². The third-order valence-corrected chi connectivity index (χ3v) is 10.7. The molecule has 1 aromatic heterocycles. The number of benzene rings is 3. The van der Waals surface area contributed by atoms with Crippen molar-refractivity contribution in [1.29, 1.82) is 5.26 Å². The summed E-state index contributed by atoms with van der Waals surface area (Å²) in [4.78, 5) is 21.2. The molecule has 0 radical (unpaired) electrons. The number of aliphatic hydroxyl groups excluding tert-OH is 1. The zero-order chi connectivity index (χ0) is 38.0. The molecule has 0 bridgehead atoms. The van der Waals surface area contributed by atoms with Crippen molar-refractivity contribution in [3.05, 3.63) is 105 Å². The Kier molecular flexibility index (Phi) is 13.4. The van der Waals surface area contributed by atoms with Gasteiger partial charge in [0.15, 0.2) is 0 Å². The molecule has 2 fully saturated rings. The van der Waals surface area contributed by atoms with Crippen molar-refractivity contribution in [2.75, 3.05) is 39.9 Å². The van der Waals surface area contributed by atoms with Gasteiger partial charge in [0.1, 0.15) is 42.6 Å². The Bertz CT molecular complexity index is 1970. The number of ether oxygens (including phenoxy) is 4. The number of aromatic nitrogens is 1. The van der Waals surface area contributed by atoms with Crippen molar-refractivity contribution in [3.63, 3.8) is 0 Å². The van der Waals surface area contributed by atoms with Gasteiger partial charge in [-0.2, -0.15) is 5.26 Å². The van der Waals surface area contributed by atoms with E-state index in [1.165, 1.54) is 13.3 Å². The molecule has 3 aromatic carbocycles. The lowest BCUT2D eigenvalue weighted by molar-refractivity contribution is -0.148. The highest BCUT2D eigenvalue weighted by Crippen LogP contribution is 2.37. The number of aliphatic hydroxyl groups is 1. The van der Waals surface area contributed by atoms with Gasteiger partial charge in [0.25, 0.3) is 0 Å². The number of rotatable bonds is 15. The number of hydrogen-bond donors (Lipinski definition) is 1. The van der Waals surface area contributed by atoms with E-state index in [-0.39, 0.29) is 31.3 Å². The van der Waals surface area contributed by atoms with E-state index in [0.717, 1.165) is 103 Å². The highest BCUT2D eigenvalue weighted by Gasteiger charge is 2.30. The van der Waals surface area contributed by atoms with Crippen LogP contribution in [0.2, 0.25) is 5.02 Å². The Hall–Kier alpha value is -4.66. The standard InChI is InChI=1S/C43H49ClN4O6/c1-29-33(9-6-10-36(29)37-11-7-13-40(30(37)2)52-18-8-15-47-17-14-35(49)26-47)28-54-42-21-41(53-27-32-19-31(22-45)23-46-24-32)34(20-38(42)44)25-48-16-5-4-12-39(48)43(50)51-3/h6-7,9-11,13,19-21,23-24,35,39,49H,4-5,8,12,14-18,25-28H2,1-3H3/t35-,39+/m1/s1. The van der Waals surface area contributed by atoms with Crippen LogP contribution in [0.1, 0.15) is 65.5 Å². The minimum absolute atomic E-state index is 0.183. The predicted molar refractivity (Wildman–Crippen MR) is 208 cm³/mol. The molecule has 2 atom stereocenters. The highest BCUT2D eigenvalue weighted by atomic mass is 35.5. The number of β-amino-alcohol motifs (C(OH)–C–C–N with tert-alkyl or cyclic N) is 1. The van der Waals surface area contributed by atoms with Crippen molar-refractivity contribution in [2.24, 2.45) is 0 Å². The smallest absolute Gasteiger partial charge is 0.323 e. The number of piperidine rings is 1. The molecule has 3 heterocycles. The SMILES string of the molecule is COC(=O)[C@@H]1CCCCN1Cc1cc(Cl)c(OCc2cccc(-c3cccc(OCCCN4CC[C@@H](O)C4)c3C)c2C)cc1OCc1cncc(C#N)c1. The normalized spacial score (nSPS) is 17.6. The molecule has 2 saturated heterocycles. The fraction of sp³-hybridized carbons (Fsp3) is 0.419. The zero-order valence-electron chi connectivity index (χ0n) is 31.4. The van der Waals surface area contributed by atoms with Crippen LogP contribution in [0.4, 0.5) is 0 Å². The van der Waals surface area contributed by atoms with Gasteiger partial charge in [-0.05, 0) is 92.1 Å². The first-order chi connectivity index (χ1) is 26.2. The molecule has 54 heavy (non-hydrogen) atoms. The molecule has 1 N–H and O–H groups in total. The van der Waals surface area contributed by atoms with Crippen LogP contribution in [-0.4, -0.2) is 77.9 Å². The Balaban J connectivity index is 1.19. The summed E-state index contributed by atoms with van der Waals surface area (Å²) in [5.41, 5.74) is 7.42. The second-order valence-corrected chi connectivity index (χ2v) is 14.5. The van der Waals surface area contributed by atoms with Crippen LogP contribution in [0.5, 0.6) is 17.2 Å². The number of likely N-dealkylation sites (tertiary alicyclic amines) is 2. The monoisotopic (exact) mass is 752 g/mol. The second-order valence-electron chi connectivity index (χ2n) is 14.1. The summed E-state index contributed by atoms with van der Waals surface area (Å²) < 4.78 is 24.1. The van der Waals surface area contributed by atoms with E-state index in [4.69, 9.17) is 30.5 Å². The van der Waals surface area contributed by atoms with Gasteiger partial charge in [0, 0.05) is 55.8 Å². The van der Waals surface area contributed by atoms with Crippen LogP contribution in [0.3, 0.4) is 0 Å². The lowest BCUT2D eigenvalue weighted by Gasteiger charge is -2.34. The maximum absolute atomic E-state index is 12.7. The molecular weight excluding hydrogens is 704 g/mol. The summed E-state index contributed by atoms with van der Waals surface area (Å²) in [7, 11) is 1.42. The number of esters is 1. The van der Waals surface area contributed by atoms with E-state index in [9.17, 15) is 15.2 Å². The fourth-order valence-corrected chi connectivity index (χ4v) is 7.61. The van der Waals surface area contributed by atoms with Crippen LogP contribution >= 0.6 is 11.6 Å². The van der Waals surface area contributed by atoms with Crippen LogP contribution in [0.25, 0.3) is 11.1 Å². The fourth-order valence-electron chi connectivity index (χ4n) is 7.37. The summed E-state index contributed by atoms with van der Waals surface area (Å²) in [6, 6.07) is 19.6. The zero-order valence-corrected chi connectivity index (χ0v) is 32.1. The number of carbonyl (C=O) groups is 1. The lowest BCUT2D eigenvalue weighted by atomic mass is 9.93. The number of nitrogens with zero attached hydrogens (tertiary/aromatic N) is 4. The van der Waals surface area contributed by atoms with Gasteiger partial charge in [-0.3, -0.25) is 14.7 Å². The van der Waals surface area contributed by atoms with Gasteiger partial charge in [0.05, 0.1) is 30.4 Å². The minimum atomic E-state index is -0.343. The number of pyridine rings is 1. The van der Waals surface area contributed by atoms with Crippen molar-refractivity contribution < 1.29 is 28.8 Å².